The number of hydrogen-bond donors (Lipinski definition) is 2. The second-order valence-electron chi connectivity index (χ2n) is 6.81. The van der Waals surface area contributed by atoms with Gasteiger partial charge in [0.25, 0.3) is 5.91 Å². The molecule has 8 heteroatoms. The Kier molecular flexibility index (Phi) is 4.46. The van der Waals surface area contributed by atoms with E-state index in [1.54, 1.807) is 0 Å². The van der Waals surface area contributed by atoms with Crippen LogP contribution in [0.4, 0.5) is 14.9 Å². The van der Waals surface area contributed by atoms with Crippen molar-refractivity contribution in [3.63, 3.8) is 0 Å². The van der Waals surface area contributed by atoms with Gasteiger partial charge in [0.05, 0.1) is 5.56 Å². The molecule has 0 spiro atoms. The third kappa shape index (κ3) is 3.06. The van der Waals surface area contributed by atoms with Crippen LogP contribution in [0.1, 0.15) is 21.5 Å². The number of benzene rings is 2. The highest BCUT2D eigenvalue weighted by atomic mass is 19.1. The molecule has 1 unspecified atom stereocenters. The maximum Gasteiger partial charge on any atom is 0.326 e. The van der Waals surface area contributed by atoms with Crippen LogP contribution in [0, 0.1) is 5.82 Å². The van der Waals surface area contributed by atoms with Crippen molar-refractivity contribution in [2.45, 2.75) is 19.0 Å². The average molecular weight is 383 g/mol. The first-order valence-electron chi connectivity index (χ1n) is 8.91. The zero-order valence-electron chi connectivity index (χ0n) is 14.9. The van der Waals surface area contributed by atoms with Crippen LogP contribution < -0.4 is 10.2 Å². The molecular formula is C20H18FN3O4. The number of anilines is 1. The van der Waals surface area contributed by atoms with Gasteiger partial charge in [0.15, 0.2) is 0 Å². The molecule has 2 N–H and O–H groups in total. The van der Waals surface area contributed by atoms with Gasteiger partial charge in [-0.25, -0.2) is 14.0 Å². The maximum absolute atomic E-state index is 14.5. The summed E-state index contributed by atoms with van der Waals surface area (Å²) < 4.78 is 14.5. The zero-order chi connectivity index (χ0) is 19.8. The van der Waals surface area contributed by atoms with Crippen molar-refractivity contribution in [1.82, 2.24) is 10.2 Å². The minimum Gasteiger partial charge on any atom is -0.480 e. The number of urea groups is 1. The monoisotopic (exact) mass is 383 g/mol. The number of amides is 3. The van der Waals surface area contributed by atoms with Gasteiger partial charge in [0.1, 0.15) is 11.9 Å². The molecule has 2 heterocycles. The minimum atomic E-state index is -1.14. The van der Waals surface area contributed by atoms with Crippen molar-refractivity contribution < 1.29 is 23.9 Å². The summed E-state index contributed by atoms with van der Waals surface area (Å²) in [7, 11) is 0. The molecule has 1 fully saturated rings. The highest BCUT2D eigenvalue weighted by Crippen LogP contribution is 2.28. The second kappa shape index (κ2) is 6.95. The molecule has 0 bridgehead atoms. The Labute approximate surface area is 160 Å². The van der Waals surface area contributed by atoms with Crippen molar-refractivity contribution in [2.24, 2.45) is 0 Å². The molecule has 3 amide bonds. The summed E-state index contributed by atoms with van der Waals surface area (Å²) >= 11 is 0. The quantitative estimate of drug-likeness (QED) is 0.848. The first kappa shape index (κ1) is 18.0. The van der Waals surface area contributed by atoms with Crippen molar-refractivity contribution >= 4 is 23.6 Å². The Morgan fingerprint density at radius 1 is 1.14 bits per heavy atom. The summed E-state index contributed by atoms with van der Waals surface area (Å²) in [6, 6.07) is 9.76. The minimum absolute atomic E-state index is 0.0832. The Balaban J connectivity index is 1.70. The van der Waals surface area contributed by atoms with Crippen molar-refractivity contribution in [2.75, 3.05) is 18.0 Å². The number of rotatable bonds is 3. The van der Waals surface area contributed by atoms with Crippen LogP contribution in [0.15, 0.2) is 42.5 Å². The summed E-state index contributed by atoms with van der Waals surface area (Å²) in [5, 5.41) is 12.3. The molecule has 4 rings (SSSR count). The van der Waals surface area contributed by atoms with Gasteiger partial charge in [-0.3, -0.25) is 9.69 Å². The average Bonchev–Trinajstić information content (AvgIpc) is 3.12. The molecule has 0 aliphatic carbocycles. The summed E-state index contributed by atoms with van der Waals surface area (Å²) in [6.45, 7) is 0.955. The largest absolute Gasteiger partial charge is 0.480 e. The van der Waals surface area contributed by atoms with Gasteiger partial charge in [-0.2, -0.15) is 0 Å². The molecule has 1 atom stereocenters. The molecule has 2 aliphatic rings. The van der Waals surface area contributed by atoms with Gasteiger partial charge in [-0.05, 0) is 29.3 Å². The molecular weight excluding hydrogens is 365 g/mol. The standard InChI is InChI=1S/C20H18FN3O4/c21-16-6-5-14(23-8-7-22-20(23)28)10-15(16)18(25)24-11-13-4-2-1-3-12(13)9-17(24)19(26)27/h1-6,10,17H,7-9,11H2,(H,22,28)(H,26,27). The number of carbonyl (C=O) groups is 3. The van der Waals surface area contributed by atoms with Gasteiger partial charge >= 0.3 is 12.0 Å². The summed E-state index contributed by atoms with van der Waals surface area (Å²) in [5.74, 6) is -2.60. The van der Waals surface area contributed by atoms with E-state index in [2.05, 4.69) is 5.32 Å². The molecule has 2 aromatic rings. The maximum atomic E-state index is 14.5. The van der Waals surface area contributed by atoms with Crippen LogP contribution in [0.3, 0.4) is 0 Å². The van der Waals surface area contributed by atoms with Crippen LogP contribution >= 0.6 is 0 Å². The van der Waals surface area contributed by atoms with E-state index >= 15 is 0 Å². The number of aliphatic carboxylic acids is 1. The van der Waals surface area contributed by atoms with E-state index in [-0.39, 0.29) is 24.6 Å². The van der Waals surface area contributed by atoms with Crippen molar-refractivity contribution in [3.8, 4) is 0 Å². The van der Waals surface area contributed by atoms with E-state index in [4.69, 9.17) is 0 Å². The fourth-order valence-electron chi connectivity index (χ4n) is 3.67. The zero-order valence-corrected chi connectivity index (χ0v) is 14.9. The second-order valence-corrected chi connectivity index (χ2v) is 6.81. The molecule has 0 aromatic heterocycles. The lowest BCUT2D eigenvalue weighted by Crippen LogP contribution is -2.48. The van der Waals surface area contributed by atoms with E-state index in [1.165, 1.54) is 21.9 Å². The Morgan fingerprint density at radius 2 is 1.89 bits per heavy atom. The van der Waals surface area contributed by atoms with E-state index in [1.807, 2.05) is 24.3 Å². The summed E-state index contributed by atoms with van der Waals surface area (Å²) in [4.78, 5) is 39.3. The highest BCUT2D eigenvalue weighted by Gasteiger charge is 2.36. The molecule has 0 radical (unpaired) electrons. The van der Waals surface area contributed by atoms with E-state index in [0.717, 1.165) is 17.2 Å². The fourth-order valence-corrected chi connectivity index (χ4v) is 3.67. The lowest BCUT2D eigenvalue weighted by Gasteiger charge is -2.34. The lowest BCUT2D eigenvalue weighted by atomic mass is 9.93. The van der Waals surface area contributed by atoms with Gasteiger partial charge in [0.2, 0.25) is 0 Å². The Bertz CT molecular complexity index is 978. The number of halogens is 1. The van der Waals surface area contributed by atoms with Gasteiger partial charge in [0, 0.05) is 31.7 Å². The topological polar surface area (TPSA) is 89.9 Å². The number of nitrogens with zero attached hydrogens (tertiary/aromatic N) is 2. The van der Waals surface area contributed by atoms with Crippen LogP contribution in [0.2, 0.25) is 0 Å². The highest BCUT2D eigenvalue weighted by molar-refractivity contribution is 6.00. The third-order valence-corrected chi connectivity index (χ3v) is 5.14. The number of carboxylic acid groups (broad SMARTS) is 1. The number of hydrogen-bond acceptors (Lipinski definition) is 3. The summed E-state index contributed by atoms with van der Waals surface area (Å²) in [5.41, 5.74) is 1.85. The number of fused-ring (bicyclic) bond motifs is 1. The molecule has 7 nitrogen and oxygen atoms in total. The smallest absolute Gasteiger partial charge is 0.326 e. The first-order chi connectivity index (χ1) is 13.5. The lowest BCUT2D eigenvalue weighted by molar-refractivity contribution is -0.142. The fraction of sp³-hybridized carbons (Fsp3) is 0.250. The van der Waals surface area contributed by atoms with Crippen LogP contribution in [0.25, 0.3) is 0 Å². The Hall–Kier alpha value is -3.42. The molecule has 2 aromatic carbocycles. The number of carboxylic acids is 1. The van der Waals surface area contributed by atoms with Gasteiger partial charge < -0.3 is 15.3 Å². The molecule has 2 aliphatic heterocycles. The van der Waals surface area contributed by atoms with Crippen LogP contribution in [-0.2, 0) is 17.8 Å². The molecule has 0 saturated carbocycles. The van der Waals surface area contributed by atoms with Gasteiger partial charge in [-0.1, -0.05) is 24.3 Å². The van der Waals surface area contributed by atoms with E-state index < -0.39 is 23.7 Å². The van der Waals surface area contributed by atoms with Gasteiger partial charge in [-0.15, -0.1) is 0 Å². The summed E-state index contributed by atoms with van der Waals surface area (Å²) in [6.07, 6.45) is 0.160. The molecule has 28 heavy (non-hydrogen) atoms. The normalized spacial score (nSPS) is 18.6. The van der Waals surface area contributed by atoms with Crippen molar-refractivity contribution in [3.05, 3.63) is 65.0 Å². The Morgan fingerprint density at radius 3 is 2.57 bits per heavy atom. The number of carbonyl (C=O) groups excluding carboxylic acids is 2. The number of nitrogens with one attached hydrogen (secondary N) is 1. The van der Waals surface area contributed by atoms with E-state index in [0.29, 0.717) is 18.8 Å². The third-order valence-electron chi connectivity index (χ3n) is 5.14. The first-order valence-corrected chi connectivity index (χ1v) is 8.91. The SMILES string of the molecule is O=C(O)C1Cc2ccccc2CN1C(=O)c1cc(N2CCNC2=O)ccc1F. The molecule has 144 valence electrons. The predicted octanol–water partition coefficient (Wildman–Crippen LogP) is 2.01. The predicted molar refractivity (Wildman–Crippen MR) is 98.6 cm³/mol. The van der Waals surface area contributed by atoms with Crippen LogP contribution in [-0.4, -0.2) is 47.0 Å². The molecule has 1 saturated heterocycles. The van der Waals surface area contributed by atoms with E-state index in [9.17, 15) is 23.9 Å². The van der Waals surface area contributed by atoms with Crippen LogP contribution in [0.5, 0.6) is 0 Å². The van der Waals surface area contributed by atoms with Crippen molar-refractivity contribution in [1.29, 1.82) is 0 Å².